The number of aliphatic hydroxyl groups is 1. The maximum Gasteiger partial charge on any atom is 0.372 e. The zero-order chi connectivity index (χ0) is 13.0. The minimum absolute atomic E-state index is 0.0226. The summed E-state index contributed by atoms with van der Waals surface area (Å²) in [7, 11) is 0. The highest BCUT2D eigenvalue weighted by atomic mass is 16.4. The Balaban J connectivity index is 1.93. The Hall–Kier alpha value is -1.33. The van der Waals surface area contributed by atoms with Crippen molar-refractivity contribution in [1.82, 2.24) is 5.32 Å². The van der Waals surface area contributed by atoms with Crippen molar-refractivity contribution in [1.29, 1.82) is 0 Å². The number of rotatable bonds is 4. The molecule has 0 aliphatic heterocycles. The highest BCUT2D eigenvalue weighted by Gasteiger charge is 2.22. The highest BCUT2D eigenvalue weighted by molar-refractivity contribution is 5.86. The Morgan fingerprint density at radius 2 is 2.17 bits per heavy atom. The Bertz CT molecular complexity index is 401. The fraction of sp³-hybridized carbons (Fsp3) is 0.615. The van der Waals surface area contributed by atoms with E-state index in [1.807, 2.05) is 0 Å². The van der Waals surface area contributed by atoms with E-state index in [2.05, 4.69) is 5.32 Å². The first kappa shape index (κ1) is 13.1. The van der Waals surface area contributed by atoms with Gasteiger partial charge in [-0.15, -0.1) is 0 Å². The second-order valence-electron chi connectivity index (χ2n) is 4.77. The molecule has 2 unspecified atom stereocenters. The number of carbonyl (C=O) groups is 1. The van der Waals surface area contributed by atoms with Crippen LogP contribution in [0.5, 0.6) is 0 Å². The molecule has 1 aromatic heterocycles. The standard InChI is InChI=1S/C13H19NO4/c15-11-5-3-1-2-4-10(11)14-8-9-6-7-18-12(9)13(16)17/h6-7,10-11,14-15H,1-5,8H2,(H,16,17). The molecule has 1 aliphatic carbocycles. The number of hydrogen-bond donors (Lipinski definition) is 3. The van der Waals surface area contributed by atoms with E-state index in [1.54, 1.807) is 6.07 Å². The molecule has 0 bridgehead atoms. The highest BCUT2D eigenvalue weighted by Crippen LogP contribution is 2.19. The Morgan fingerprint density at radius 1 is 1.39 bits per heavy atom. The van der Waals surface area contributed by atoms with Gasteiger partial charge in [0, 0.05) is 18.2 Å². The van der Waals surface area contributed by atoms with E-state index in [0.717, 1.165) is 32.1 Å². The van der Waals surface area contributed by atoms with Crippen LogP contribution in [0.15, 0.2) is 16.7 Å². The van der Waals surface area contributed by atoms with Gasteiger partial charge >= 0.3 is 5.97 Å². The van der Waals surface area contributed by atoms with Gasteiger partial charge in [-0.2, -0.15) is 0 Å². The predicted octanol–water partition coefficient (Wildman–Crippen LogP) is 1.76. The van der Waals surface area contributed by atoms with E-state index >= 15 is 0 Å². The molecule has 5 heteroatoms. The quantitative estimate of drug-likeness (QED) is 0.712. The van der Waals surface area contributed by atoms with Crippen molar-refractivity contribution in [3.05, 3.63) is 23.7 Å². The Kier molecular flexibility index (Phi) is 4.38. The van der Waals surface area contributed by atoms with Crippen molar-refractivity contribution in [3.8, 4) is 0 Å². The van der Waals surface area contributed by atoms with Crippen molar-refractivity contribution >= 4 is 5.97 Å². The predicted molar refractivity (Wildman–Crippen MR) is 65.4 cm³/mol. The summed E-state index contributed by atoms with van der Waals surface area (Å²) in [4.78, 5) is 10.9. The molecule has 1 aliphatic rings. The molecule has 0 aromatic carbocycles. The van der Waals surface area contributed by atoms with Crippen molar-refractivity contribution < 1.29 is 19.4 Å². The lowest BCUT2D eigenvalue weighted by Gasteiger charge is -2.21. The molecule has 2 atom stereocenters. The summed E-state index contributed by atoms with van der Waals surface area (Å²) in [5.41, 5.74) is 0.624. The van der Waals surface area contributed by atoms with Crippen LogP contribution in [0.25, 0.3) is 0 Å². The first-order valence-corrected chi connectivity index (χ1v) is 6.39. The van der Waals surface area contributed by atoms with Gasteiger partial charge in [0.1, 0.15) is 0 Å². The van der Waals surface area contributed by atoms with Crippen LogP contribution in [0.3, 0.4) is 0 Å². The SMILES string of the molecule is O=C(O)c1occc1CNC1CCCCCC1O. The van der Waals surface area contributed by atoms with Crippen LogP contribution in [0, 0.1) is 0 Å². The van der Waals surface area contributed by atoms with Gasteiger partial charge in [-0.25, -0.2) is 4.79 Å². The van der Waals surface area contributed by atoms with Gasteiger partial charge in [0.2, 0.25) is 5.76 Å². The topological polar surface area (TPSA) is 82.7 Å². The lowest BCUT2D eigenvalue weighted by molar-refractivity contribution is 0.0660. The van der Waals surface area contributed by atoms with Crippen molar-refractivity contribution in [2.75, 3.05) is 0 Å². The second kappa shape index (κ2) is 6.02. The van der Waals surface area contributed by atoms with E-state index in [1.165, 1.54) is 6.26 Å². The molecule has 0 saturated heterocycles. The van der Waals surface area contributed by atoms with Gasteiger partial charge in [-0.3, -0.25) is 0 Å². The fourth-order valence-corrected chi connectivity index (χ4v) is 2.43. The summed E-state index contributed by atoms with van der Waals surface area (Å²) in [6.45, 7) is 0.417. The normalized spacial score (nSPS) is 24.7. The van der Waals surface area contributed by atoms with E-state index in [4.69, 9.17) is 9.52 Å². The van der Waals surface area contributed by atoms with E-state index in [9.17, 15) is 9.90 Å². The molecule has 5 nitrogen and oxygen atoms in total. The second-order valence-corrected chi connectivity index (χ2v) is 4.77. The zero-order valence-electron chi connectivity index (χ0n) is 10.3. The third kappa shape index (κ3) is 3.11. The van der Waals surface area contributed by atoms with Gasteiger partial charge in [-0.1, -0.05) is 19.3 Å². The Morgan fingerprint density at radius 3 is 2.94 bits per heavy atom. The molecule has 0 radical (unpaired) electrons. The van der Waals surface area contributed by atoms with E-state index in [0.29, 0.717) is 12.1 Å². The molecule has 0 spiro atoms. The molecule has 1 heterocycles. The fourth-order valence-electron chi connectivity index (χ4n) is 2.43. The summed E-state index contributed by atoms with van der Waals surface area (Å²) in [5.74, 6) is -1.08. The maximum atomic E-state index is 10.9. The lowest BCUT2D eigenvalue weighted by Crippen LogP contribution is -2.38. The van der Waals surface area contributed by atoms with E-state index in [-0.39, 0.29) is 17.9 Å². The minimum atomic E-state index is -1.06. The first-order valence-electron chi connectivity index (χ1n) is 6.39. The number of hydrogen-bond acceptors (Lipinski definition) is 4. The van der Waals surface area contributed by atoms with Crippen LogP contribution in [0.1, 0.15) is 48.2 Å². The molecule has 100 valence electrons. The van der Waals surface area contributed by atoms with Crippen molar-refractivity contribution in [2.45, 2.75) is 50.8 Å². The van der Waals surface area contributed by atoms with Crippen molar-refractivity contribution in [2.24, 2.45) is 0 Å². The molecule has 1 aromatic rings. The number of aromatic carboxylic acids is 1. The molecule has 1 fully saturated rings. The summed E-state index contributed by atoms with van der Waals surface area (Å²) in [6, 6.07) is 1.70. The largest absolute Gasteiger partial charge is 0.475 e. The first-order chi connectivity index (χ1) is 8.68. The molecule has 3 N–H and O–H groups in total. The molecule has 1 saturated carbocycles. The smallest absolute Gasteiger partial charge is 0.372 e. The monoisotopic (exact) mass is 253 g/mol. The molecular weight excluding hydrogens is 234 g/mol. The summed E-state index contributed by atoms with van der Waals surface area (Å²) < 4.78 is 4.92. The third-order valence-electron chi connectivity index (χ3n) is 3.48. The number of furan rings is 1. The lowest BCUT2D eigenvalue weighted by atomic mass is 10.1. The van der Waals surface area contributed by atoms with Crippen LogP contribution in [0.2, 0.25) is 0 Å². The number of nitrogens with one attached hydrogen (secondary N) is 1. The summed E-state index contributed by atoms with van der Waals surface area (Å²) >= 11 is 0. The zero-order valence-corrected chi connectivity index (χ0v) is 10.3. The van der Waals surface area contributed by atoms with Gasteiger partial charge in [0.15, 0.2) is 0 Å². The van der Waals surface area contributed by atoms with Crippen LogP contribution in [-0.2, 0) is 6.54 Å². The van der Waals surface area contributed by atoms with Crippen LogP contribution >= 0.6 is 0 Å². The van der Waals surface area contributed by atoms with E-state index < -0.39 is 5.97 Å². The van der Waals surface area contributed by atoms with Crippen LogP contribution in [0.4, 0.5) is 0 Å². The Labute approximate surface area is 106 Å². The number of aliphatic hydroxyl groups excluding tert-OH is 1. The molecule has 0 amide bonds. The summed E-state index contributed by atoms with van der Waals surface area (Å²) in [6.07, 6.45) is 6.10. The minimum Gasteiger partial charge on any atom is -0.475 e. The molecular formula is C13H19NO4. The van der Waals surface area contributed by atoms with Crippen molar-refractivity contribution in [3.63, 3.8) is 0 Å². The molecule has 2 rings (SSSR count). The van der Waals surface area contributed by atoms with Crippen LogP contribution in [-0.4, -0.2) is 28.3 Å². The van der Waals surface area contributed by atoms with Gasteiger partial charge < -0.3 is 19.9 Å². The average Bonchev–Trinajstić information content (AvgIpc) is 2.71. The average molecular weight is 253 g/mol. The maximum absolute atomic E-state index is 10.9. The van der Waals surface area contributed by atoms with Crippen LogP contribution < -0.4 is 5.32 Å². The molecule has 18 heavy (non-hydrogen) atoms. The van der Waals surface area contributed by atoms with Gasteiger partial charge in [0.05, 0.1) is 12.4 Å². The third-order valence-corrected chi connectivity index (χ3v) is 3.48. The van der Waals surface area contributed by atoms with Gasteiger partial charge in [0.25, 0.3) is 0 Å². The number of carboxylic acids is 1. The number of carboxylic acid groups (broad SMARTS) is 1. The van der Waals surface area contributed by atoms with Gasteiger partial charge in [-0.05, 0) is 18.9 Å². The summed E-state index contributed by atoms with van der Waals surface area (Å²) in [5, 5.41) is 22.1.